The highest BCUT2D eigenvalue weighted by atomic mass is 15.2. The minimum atomic E-state index is 0.757. The van der Waals surface area contributed by atoms with E-state index in [-0.39, 0.29) is 0 Å². The van der Waals surface area contributed by atoms with Crippen LogP contribution in [0.25, 0.3) is 11.2 Å². The molecule has 2 aliphatic rings. The summed E-state index contributed by atoms with van der Waals surface area (Å²) in [7, 11) is 0. The molecule has 0 bridgehead atoms. The Balaban J connectivity index is 1.70. The van der Waals surface area contributed by atoms with Crippen molar-refractivity contribution in [1.29, 1.82) is 0 Å². The predicted molar refractivity (Wildman–Crippen MR) is 69.3 cm³/mol. The average Bonchev–Trinajstić information content (AvgIpc) is 3.04. The van der Waals surface area contributed by atoms with Gasteiger partial charge in [-0.1, -0.05) is 12.2 Å². The summed E-state index contributed by atoms with van der Waals surface area (Å²) in [5, 5.41) is 0. The SMILES string of the molecule is C1=CC[C@H]2CN(c3ncnc4nc[nH]c34)C[C@H]2C1. The first kappa shape index (κ1) is 10.1. The smallest absolute Gasteiger partial charge is 0.182 e. The lowest BCUT2D eigenvalue weighted by atomic mass is 9.86. The molecule has 0 unspecified atom stereocenters. The van der Waals surface area contributed by atoms with Gasteiger partial charge in [-0.25, -0.2) is 15.0 Å². The molecule has 0 spiro atoms. The number of hydrogen-bond acceptors (Lipinski definition) is 4. The van der Waals surface area contributed by atoms with Gasteiger partial charge in [0.1, 0.15) is 11.8 Å². The molecule has 0 radical (unpaired) electrons. The average molecular weight is 241 g/mol. The molecule has 1 fully saturated rings. The van der Waals surface area contributed by atoms with E-state index in [2.05, 4.69) is 37.0 Å². The zero-order chi connectivity index (χ0) is 11.9. The van der Waals surface area contributed by atoms with Crippen molar-refractivity contribution < 1.29 is 0 Å². The van der Waals surface area contributed by atoms with E-state index in [4.69, 9.17) is 0 Å². The Hall–Kier alpha value is -1.91. The lowest BCUT2D eigenvalue weighted by Crippen LogP contribution is -2.21. The Kier molecular flexibility index (Phi) is 2.12. The maximum Gasteiger partial charge on any atom is 0.182 e. The molecule has 92 valence electrons. The fraction of sp³-hybridized carbons (Fsp3) is 0.462. The molecule has 1 aliphatic heterocycles. The van der Waals surface area contributed by atoms with E-state index in [0.29, 0.717) is 0 Å². The number of fused-ring (bicyclic) bond motifs is 2. The van der Waals surface area contributed by atoms with Crippen LogP contribution in [0.2, 0.25) is 0 Å². The third kappa shape index (κ3) is 1.43. The predicted octanol–water partition coefficient (Wildman–Crippen LogP) is 1.76. The molecule has 4 rings (SSSR count). The van der Waals surface area contributed by atoms with Gasteiger partial charge in [-0.2, -0.15) is 0 Å². The molecule has 3 heterocycles. The fourth-order valence-corrected chi connectivity index (χ4v) is 3.18. The van der Waals surface area contributed by atoms with Gasteiger partial charge < -0.3 is 9.88 Å². The first-order valence-corrected chi connectivity index (χ1v) is 6.46. The van der Waals surface area contributed by atoms with Crippen molar-refractivity contribution in [3.05, 3.63) is 24.8 Å². The van der Waals surface area contributed by atoms with Crippen LogP contribution >= 0.6 is 0 Å². The number of H-pyrrole nitrogens is 1. The molecule has 0 amide bonds. The first-order chi connectivity index (χ1) is 8.92. The van der Waals surface area contributed by atoms with Crippen molar-refractivity contribution in [2.75, 3.05) is 18.0 Å². The summed E-state index contributed by atoms with van der Waals surface area (Å²) in [5.74, 6) is 2.57. The van der Waals surface area contributed by atoms with Gasteiger partial charge in [0.2, 0.25) is 0 Å². The topological polar surface area (TPSA) is 57.7 Å². The minimum absolute atomic E-state index is 0.757. The van der Waals surface area contributed by atoms with Crippen LogP contribution in [0, 0.1) is 11.8 Å². The monoisotopic (exact) mass is 241 g/mol. The summed E-state index contributed by atoms with van der Waals surface area (Å²) in [4.78, 5) is 18.3. The van der Waals surface area contributed by atoms with Crippen molar-refractivity contribution in [2.24, 2.45) is 11.8 Å². The number of hydrogen-bond donors (Lipinski definition) is 1. The molecular weight excluding hydrogens is 226 g/mol. The Morgan fingerprint density at radius 2 is 1.83 bits per heavy atom. The van der Waals surface area contributed by atoms with Gasteiger partial charge in [-0.15, -0.1) is 0 Å². The largest absolute Gasteiger partial charge is 0.354 e. The zero-order valence-corrected chi connectivity index (χ0v) is 10.1. The van der Waals surface area contributed by atoms with Crippen LogP contribution in [0.15, 0.2) is 24.8 Å². The number of rotatable bonds is 1. The fourth-order valence-electron chi connectivity index (χ4n) is 3.18. The summed E-state index contributed by atoms with van der Waals surface area (Å²) < 4.78 is 0. The second-order valence-electron chi connectivity index (χ2n) is 5.17. The van der Waals surface area contributed by atoms with E-state index >= 15 is 0 Å². The van der Waals surface area contributed by atoms with Crippen LogP contribution < -0.4 is 4.90 Å². The lowest BCUT2D eigenvalue weighted by molar-refractivity contribution is 0.411. The van der Waals surface area contributed by atoms with Crippen LogP contribution in [0.1, 0.15) is 12.8 Å². The van der Waals surface area contributed by atoms with E-state index in [0.717, 1.165) is 41.9 Å². The molecule has 0 saturated carbocycles. The van der Waals surface area contributed by atoms with Crippen LogP contribution in [0.4, 0.5) is 5.82 Å². The quantitative estimate of drug-likeness (QED) is 0.773. The van der Waals surface area contributed by atoms with Gasteiger partial charge in [0.25, 0.3) is 0 Å². The number of aromatic nitrogens is 4. The molecule has 1 saturated heterocycles. The lowest BCUT2D eigenvalue weighted by Gasteiger charge is -2.17. The van der Waals surface area contributed by atoms with Gasteiger partial charge in [0.05, 0.1) is 6.33 Å². The number of aromatic amines is 1. The van der Waals surface area contributed by atoms with Crippen LogP contribution in [-0.2, 0) is 0 Å². The van der Waals surface area contributed by atoms with Crippen molar-refractivity contribution in [1.82, 2.24) is 19.9 Å². The second kappa shape index (κ2) is 3.80. The van der Waals surface area contributed by atoms with Crippen LogP contribution in [0.3, 0.4) is 0 Å². The molecule has 2 atom stereocenters. The van der Waals surface area contributed by atoms with Gasteiger partial charge in [0, 0.05) is 13.1 Å². The molecule has 1 N–H and O–H groups in total. The van der Waals surface area contributed by atoms with Gasteiger partial charge in [-0.05, 0) is 24.7 Å². The Morgan fingerprint density at radius 3 is 2.61 bits per heavy atom. The van der Waals surface area contributed by atoms with Crippen molar-refractivity contribution in [3.63, 3.8) is 0 Å². The number of imidazole rings is 1. The second-order valence-corrected chi connectivity index (χ2v) is 5.17. The van der Waals surface area contributed by atoms with Crippen LogP contribution in [-0.4, -0.2) is 33.0 Å². The maximum absolute atomic E-state index is 4.44. The van der Waals surface area contributed by atoms with Gasteiger partial charge >= 0.3 is 0 Å². The van der Waals surface area contributed by atoms with E-state index in [1.165, 1.54) is 12.8 Å². The number of allylic oxidation sites excluding steroid dienone is 2. The number of nitrogens with zero attached hydrogens (tertiary/aromatic N) is 4. The van der Waals surface area contributed by atoms with E-state index in [1.54, 1.807) is 12.7 Å². The summed E-state index contributed by atoms with van der Waals surface area (Å²) in [6.07, 6.45) is 10.3. The molecule has 2 aromatic heterocycles. The van der Waals surface area contributed by atoms with E-state index in [9.17, 15) is 0 Å². The molecule has 5 heteroatoms. The van der Waals surface area contributed by atoms with Crippen molar-refractivity contribution in [3.8, 4) is 0 Å². The third-order valence-corrected chi connectivity index (χ3v) is 4.12. The van der Waals surface area contributed by atoms with E-state index < -0.39 is 0 Å². The molecule has 18 heavy (non-hydrogen) atoms. The van der Waals surface area contributed by atoms with Crippen molar-refractivity contribution in [2.45, 2.75) is 12.8 Å². The highest BCUT2D eigenvalue weighted by Gasteiger charge is 2.34. The molecule has 0 aromatic carbocycles. The maximum atomic E-state index is 4.44. The summed E-state index contributed by atoms with van der Waals surface area (Å²) in [5.41, 5.74) is 1.72. The summed E-state index contributed by atoms with van der Waals surface area (Å²) >= 11 is 0. The molecule has 1 aliphatic carbocycles. The van der Waals surface area contributed by atoms with Crippen molar-refractivity contribution >= 4 is 17.0 Å². The zero-order valence-electron chi connectivity index (χ0n) is 10.1. The molecule has 5 nitrogen and oxygen atoms in total. The minimum Gasteiger partial charge on any atom is -0.354 e. The Morgan fingerprint density at radius 1 is 1.06 bits per heavy atom. The standard InChI is InChI=1S/C13H15N5/c1-2-4-10-6-18(5-9(10)3-1)13-11-12(15-7-14-11)16-8-17-13/h1-2,7-10H,3-6H2,(H,14,15,16,17)/t9-,10+. The Bertz CT molecular complexity index is 586. The highest BCUT2D eigenvalue weighted by molar-refractivity contribution is 5.82. The molecule has 2 aromatic rings. The number of anilines is 1. The number of nitrogens with one attached hydrogen (secondary N) is 1. The first-order valence-electron chi connectivity index (χ1n) is 6.46. The van der Waals surface area contributed by atoms with Crippen LogP contribution in [0.5, 0.6) is 0 Å². The van der Waals surface area contributed by atoms with E-state index in [1.807, 2.05) is 0 Å². The normalized spacial score (nSPS) is 26.8. The van der Waals surface area contributed by atoms with Gasteiger partial charge in [-0.3, -0.25) is 0 Å². The summed E-state index contributed by atoms with van der Waals surface area (Å²) in [6, 6.07) is 0. The third-order valence-electron chi connectivity index (χ3n) is 4.12. The Labute approximate surface area is 105 Å². The summed E-state index contributed by atoms with van der Waals surface area (Å²) in [6.45, 7) is 2.19. The highest BCUT2D eigenvalue weighted by Crippen LogP contribution is 2.35. The molecular formula is C13H15N5. The van der Waals surface area contributed by atoms with Gasteiger partial charge in [0.15, 0.2) is 11.5 Å².